The zero-order chi connectivity index (χ0) is 19.2. The Balaban J connectivity index is 2.20. The van der Waals surface area contributed by atoms with Crippen molar-refractivity contribution in [3.8, 4) is 0 Å². The topological polar surface area (TPSA) is 84.9 Å². The Morgan fingerprint density at radius 2 is 1.54 bits per heavy atom. The van der Waals surface area contributed by atoms with Gasteiger partial charge in [-0.3, -0.25) is 19.3 Å². The third-order valence-electron chi connectivity index (χ3n) is 3.87. The molecule has 0 saturated heterocycles. The summed E-state index contributed by atoms with van der Waals surface area (Å²) in [5.41, 5.74) is 1.07. The molecule has 0 bridgehead atoms. The number of ether oxygens (including phenoxy) is 2. The lowest BCUT2D eigenvalue weighted by atomic mass is 10.1. The summed E-state index contributed by atoms with van der Waals surface area (Å²) in [5.74, 6) is -0.766. The standard InChI is InChI=1S/C19H28N2O5/c1-25-18(23)14-21(15-19(24)26-2)12-8-4-7-11-17(22)20-13-16-9-5-3-6-10-16/h3,5-6,9-10H,4,7-8,11-15H2,1-2H3,(H,20,22). The second-order valence-corrected chi connectivity index (χ2v) is 5.94. The minimum Gasteiger partial charge on any atom is -0.468 e. The molecule has 0 radical (unpaired) electrons. The Kier molecular flexibility index (Phi) is 10.7. The maximum atomic E-state index is 11.8. The van der Waals surface area contributed by atoms with Crippen LogP contribution in [0.2, 0.25) is 0 Å². The molecule has 0 aliphatic carbocycles. The van der Waals surface area contributed by atoms with Gasteiger partial charge < -0.3 is 14.8 Å². The van der Waals surface area contributed by atoms with Gasteiger partial charge in [0.25, 0.3) is 0 Å². The van der Waals surface area contributed by atoms with E-state index in [4.69, 9.17) is 0 Å². The number of hydrogen-bond acceptors (Lipinski definition) is 6. The van der Waals surface area contributed by atoms with Gasteiger partial charge in [-0.2, -0.15) is 0 Å². The number of rotatable bonds is 12. The van der Waals surface area contributed by atoms with Gasteiger partial charge in [-0.1, -0.05) is 36.8 Å². The van der Waals surface area contributed by atoms with Crippen molar-refractivity contribution in [2.75, 3.05) is 33.9 Å². The van der Waals surface area contributed by atoms with E-state index in [-0.39, 0.29) is 19.0 Å². The lowest BCUT2D eigenvalue weighted by Gasteiger charge is -2.19. The number of hydrogen-bond donors (Lipinski definition) is 1. The summed E-state index contributed by atoms with van der Waals surface area (Å²) in [4.78, 5) is 36.3. The number of nitrogens with zero attached hydrogens (tertiary/aromatic N) is 1. The van der Waals surface area contributed by atoms with Gasteiger partial charge in [0.05, 0.1) is 27.3 Å². The molecule has 0 atom stereocenters. The second kappa shape index (κ2) is 12.9. The Morgan fingerprint density at radius 3 is 2.12 bits per heavy atom. The number of amides is 1. The van der Waals surface area contributed by atoms with Crippen LogP contribution >= 0.6 is 0 Å². The van der Waals surface area contributed by atoms with Crippen LogP contribution in [0.25, 0.3) is 0 Å². The van der Waals surface area contributed by atoms with E-state index in [0.717, 1.165) is 24.8 Å². The summed E-state index contributed by atoms with van der Waals surface area (Å²) in [7, 11) is 2.62. The number of nitrogens with one attached hydrogen (secondary N) is 1. The van der Waals surface area contributed by atoms with E-state index in [1.165, 1.54) is 14.2 Å². The van der Waals surface area contributed by atoms with Gasteiger partial charge in [0.1, 0.15) is 0 Å². The van der Waals surface area contributed by atoms with E-state index in [2.05, 4.69) is 14.8 Å². The average molecular weight is 364 g/mol. The van der Waals surface area contributed by atoms with Crippen molar-refractivity contribution < 1.29 is 23.9 Å². The van der Waals surface area contributed by atoms with Crippen molar-refractivity contribution in [3.05, 3.63) is 35.9 Å². The average Bonchev–Trinajstić information content (AvgIpc) is 2.66. The fourth-order valence-corrected chi connectivity index (χ4v) is 2.39. The highest BCUT2D eigenvalue weighted by atomic mass is 16.5. The van der Waals surface area contributed by atoms with Gasteiger partial charge in [0, 0.05) is 13.0 Å². The maximum absolute atomic E-state index is 11.8. The molecule has 1 aromatic rings. The lowest BCUT2D eigenvalue weighted by molar-refractivity contribution is -0.145. The number of esters is 2. The van der Waals surface area contributed by atoms with Crippen molar-refractivity contribution in [2.24, 2.45) is 0 Å². The van der Waals surface area contributed by atoms with Gasteiger partial charge in [0.2, 0.25) is 5.91 Å². The Labute approximate surface area is 154 Å². The minimum absolute atomic E-state index is 0.0230. The zero-order valence-electron chi connectivity index (χ0n) is 15.5. The fourth-order valence-electron chi connectivity index (χ4n) is 2.39. The molecule has 26 heavy (non-hydrogen) atoms. The first-order chi connectivity index (χ1) is 12.5. The van der Waals surface area contributed by atoms with E-state index in [1.54, 1.807) is 4.90 Å². The Hall–Kier alpha value is -2.41. The van der Waals surface area contributed by atoms with E-state index < -0.39 is 11.9 Å². The monoisotopic (exact) mass is 364 g/mol. The largest absolute Gasteiger partial charge is 0.468 e. The van der Waals surface area contributed by atoms with Crippen LogP contribution in [0.4, 0.5) is 0 Å². The number of methoxy groups -OCH3 is 2. The number of benzene rings is 1. The van der Waals surface area contributed by atoms with Crippen LogP contribution < -0.4 is 5.32 Å². The van der Waals surface area contributed by atoms with Crippen LogP contribution in [0.5, 0.6) is 0 Å². The molecule has 0 aliphatic heterocycles. The van der Waals surface area contributed by atoms with E-state index in [9.17, 15) is 14.4 Å². The molecule has 7 heteroatoms. The fraction of sp³-hybridized carbons (Fsp3) is 0.526. The minimum atomic E-state index is -0.394. The normalized spacial score (nSPS) is 10.4. The predicted molar refractivity (Wildman–Crippen MR) is 97.2 cm³/mol. The van der Waals surface area contributed by atoms with Gasteiger partial charge in [0.15, 0.2) is 0 Å². The van der Waals surface area contributed by atoms with Crippen molar-refractivity contribution in [1.29, 1.82) is 0 Å². The van der Waals surface area contributed by atoms with Gasteiger partial charge in [-0.15, -0.1) is 0 Å². The number of carbonyl (C=O) groups is 3. The predicted octanol–water partition coefficient (Wildman–Crippen LogP) is 1.51. The summed E-state index contributed by atoms with van der Waals surface area (Å²) < 4.78 is 9.27. The lowest BCUT2D eigenvalue weighted by Crippen LogP contribution is -2.36. The molecule has 0 saturated carbocycles. The third kappa shape index (κ3) is 9.78. The van der Waals surface area contributed by atoms with Crippen molar-refractivity contribution in [3.63, 3.8) is 0 Å². The second-order valence-electron chi connectivity index (χ2n) is 5.94. The summed E-state index contributed by atoms with van der Waals surface area (Å²) in [6.45, 7) is 1.19. The number of carbonyl (C=O) groups excluding carboxylic acids is 3. The number of unbranched alkanes of at least 4 members (excludes halogenated alkanes) is 2. The Morgan fingerprint density at radius 1 is 0.923 bits per heavy atom. The smallest absolute Gasteiger partial charge is 0.319 e. The van der Waals surface area contributed by atoms with Crippen LogP contribution in [0.3, 0.4) is 0 Å². The molecule has 1 N–H and O–H groups in total. The quantitative estimate of drug-likeness (QED) is 0.447. The molecular formula is C19H28N2O5. The van der Waals surface area contributed by atoms with Crippen LogP contribution in [0.1, 0.15) is 31.2 Å². The van der Waals surface area contributed by atoms with Gasteiger partial charge >= 0.3 is 11.9 Å². The summed E-state index contributed by atoms with van der Waals surface area (Å²) in [6, 6.07) is 9.76. The first kappa shape index (κ1) is 21.6. The molecule has 7 nitrogen and oxygen atoms in total. The first-order valence-electron chi connectivity index (χ1n) is 8.71. The van der Waals surface area contributed by atoms with E-state index in [1.807, 2.05) is 30.3 Å². The SMILES string of the molecule is COC(=O)CN(CCCCCC(=O)NCc1ccccc1)CC(=O)OC. The molecule has 0 aliphatic rings. The molecular weight excluding hydrogens is 336 g/mol. The highest BCUT2D eigenvalue weighted by molar-refractivity contribution is 5.76. The van der Waals surface area contributed by atoms with Crippen LogP contribution in [0, 0.1) is 0 Å². The summed E-state index contributed by atoms with van der Waals surface area (Å²) in [5, 5.41) is 2.89. The molecule has 0 spiro atoms. The molecule has 0 aromatic heterocycles. The highest BCUT2D eigenvalue weighted by Crippen LogP contribution is 2.04. The molecule has 0 heterocycles. The summed E-state index contributed by atoms with van der Waals surface area (Å²) >= 11 is 0. The maximum Gasteiger partial charge on any atom is 0.319 e. The molecule has 1 aromatic carbocycles. The first-order valence-corrected chi connectivity index (χ1v) is 8.71. The van der Waals surface area contributed by atoms with Crippen molar-refractivity contribution >= 4 is 17.8 Å². The summed E-state index contributed by atoms with van der Waals surface area (Å²) in [6.07, 6.45) is 2.82. The van der Waals surface area contributed by atoms with Gasteiger partial charge in [-0.25, -0.2) is 0 Å². The third-order valence-corrected chi connectivity index (χ3v) is 3.87. The van der Waals surface area contributed by atoms with Crippen molar-refractivity contribution in [2.45, 2.75) is 32.2 Å². The molecule has 144 valence electrons. The van der Waals surface area contributed by atoms with E-state index >= 15 is 0 Å². The van der Waals surface area contributed by atoms with Gasteiger partial charge in [-0.05, 0) is 24.9 Å². The van der Waals surface area contributed by atoms with Crippen molar-refractivity contribution in [1.82, 2.24) is 10.2 Å². The molecule has 1 rings (SSSR count). The Bertz CT molecular complexity index is 544. The van der Waals surface area contributed by atoms with Crippen LogP contribution in [0.15, 0.2) is 30.3 Å². The van der Waals surface area contributed by atoms with Crippen LogP contribution in [-0.2, 0) is 30.4 Å². The molecule has 0 fully saturated rings. The molecule has 1 amide bonds. The molecule has 0 unspecified atom stereocenters. The zero-order valence-corrected chi connectivity index (χ0v) is 15.5. The highest BCUT2D eigenvalue weighted by Gasteiger charge is 2.15. The van der Waals surface area contributed by atoms with Crippen LogP contribution in [-0.4, -0.2) is 56.6 Å². The van der Waals surface area contributed by atoms with E-state index in [0.29, 0.717) is 19.5 Å².